The largest absolute Gasteiger partial charge is 0.464 e. The van der Waals surface area contributed by atoms with E-state index < -0.39 is 6.10 Å². The number of aliphatic hydroxyl groups is 1. The van der Waals surface area contributed by atoms with Crippen molar-refractivity contribution >= 4 is 22.3 Å². The van der Waals surface area contributed by atoms with E-state index >= 15 is 0 Å². The number of hydrogen-bond donors (Lipinski definition) is 1. The summed E-state index contributed by atoms with van der Waals surface area (Å²) in [4.78, 5) is 5.68. The summed E-state index contributed by atoms with van der Waals surface area (Å²) in [7, 11) is 0. The summed E-state index contributed by atoms with van der Waals surface area (Å²) in [5, 5.41) is 12.3. The highest BCUT2D eigenvalue weighted by molar-refractivity contribution is 7.11. The minimum atomic E-state index is -0.575. The number of nitrogens with zero attached hydrogens (tertiary/aromatic N) is 1. The second-order valence-electron chi connectivity index (χ2n) is 4.66. The van der Waals surface area contributed by atoms with Gasteiger partial charge in [-0.2, -0.15) is 0 Å². The van der Waals surface area contributed by atoms with Gasteiger partial charge >= 0.3 is 0 Å². The van der Waals surface area contributed by atoms with Gasteiger partial charge in [-0.25, -0.2) is 4.98 Å². The molecule has 0 saturated heterocycles. The summed E-state index contributed by atoms with van der Waals surface area (Å²) < 4.78 is 5.46. The van der Waals surface area contributed by atoms with Gasteiger partial charge in [0.2, 0.25) is 0 Å². The van der Waals surface area contributed by atoms with Crippen LogP contribution >= 0.6 is 11.3 Å². The SMILES string of the molecule is Cc1nc(CC(O)c2coc3ccccc23)sc1C. The summed E-state index contributed by atoms with van der Waals surface area (Å²) in [6.07, 6.45) is 1.60. The predicted molar refractivity (Wildman–Crippen MR) is 76.5 cm³/mol. The molecule has 0 aliphatic carbocycles. The Hall–Kier alpha value is -1.65. The first-order chi connectivity index (χ1) is 9.15. The summed E-state index contributed by atoms with van der Waals surface area (Å²) in [6.45, 7) is 4.05. The smallest absolute Gasteiger partial charge is 0.134 e. The van der Waals surface area contributed by atoms with E-state index in [1.165, 1.54) is 4.88 Å². The number of aryl methyl sites for hydroxylation is 2. The molecule has 1 aromatic carbocycles. The molecule has 3 aromatic rings. The average molecular weight is 273 g/mol. The molecule has 1 N–H and O–H groups in total. The van der Waals surface area contributed by atoms with Crippen molar-refractivity contribution in [2.75, 3.05) is 0 Å². The lowest BCUT2D eigenvalue weighted by Crippen LogP contribution is -2.00. The Morgan fingerprint density at radius 1 is 1.32 bits per heavy atom. The van der Waals surface area contributed by atoms with Gasteiger partial charge in [0, 0.05) is 22.2 Å². The number of fused-ring (bicyclic) bond motifs is 1. The number of benzene rings is 1. The maximum absolute atomic E-state index is 10.4. The van der Waals surface area contributed by atoms with Crippen LogP contribution < -0.4 is 0 Å². The zero-order valence-electron chi connectivity index (χ0n) is 10.9. The molecule has 2 aromatic heterocycles. The minimum Gasteiger partial charge on any atom is -0.464 e. The van der Waals surface area contributed by atoms with Crippen molar-refractivity contribution in [3.8, 4) is 0 Å². The van der Waals surface area contributed by atoms with Gasteiger partial charge in [-0.3, -0.25) is 0 Å². The molecular weight excluding hydrogens is 258 g/mol. The van der Waals surface area contributed by atoms with Crippen LogP contribution in [0.1, 0.15) is 27.2 Å². The van der Waals surface area contributed by atoms with Crippen LogP contribution in [0.4, 0.5) is 0 Å². The standard InChI is InChI=1S/C15H15NO2S/c1-9-10(2)19-15(16-9)7-13(17)12-8-18-14-6-4-3-5-11(12)14/h3-6,8,13,17H,7H2,1-2H3. The average Bonchev–Trinajstić information content (AvgIpc) is 2.94. The van der Waals surface area contributed by atoms with Crippen molar-refractivity contribution in [2.45, 2.75) is 26.4 Å². The normalized spacial score (nSPS) is 13.0. The molecular formula is C15H15NO2S. The van der Waals surface area contributed by atoms with Crippen molar-refractivity contribution in [1.29, 1.82) is 0 Å². The highest BCUT2D eigenvalue weighted by Crippen LogP contribution is 2.29. The maximum Gasteiger partial charge on any atom is 0.134 e. The Balaban J connectivity index is 1.89. The first kappa shape index (κ1) is 12.4. The second-order valence-corrected chi connectivity index (χ2v) is 5.94. The number of aromatic nitrogens is 1. The molecule has 2 heterocycles. The molecule has 0 radical (unpaired) electrons. The van der Waals surface area contributed by atoms with E-state index in [4.69, 9.17) is 4.42 Å². The van der Waals surface area contributed by atoms with Crippen LogP contribution in [-0.2, 0) is 6.42 Å². The van der Waals surface area contributed by atoms with Crippen LogP contribution in [0.3, 0.4) is 0 Å². The van der Waals surface area contributed by atoms with Crippen LogP contribution in [0.5, 0.6) is 0 Å². The lowest BCUT2D eigenvalue weighted by molar-refractivity contribution is 0.178. The molecule has 0 aliphatic heterocycles. The van der Waals surface area contributed by atoms with Crippen molar-refractivity contribution in [3.63, 3.8) is 0 Å². The predicted octanol–water partition coefficient (Wildman–Crippen LogP) is 3.78. The third kappa shape index (κ3) is 2.29. The Bertz CT molecular complexity index is 694. The summed E-state index contributed by atoms with van der Waals surface area (Å²) >= 11 is 1.64. The lowest BCUT2D eigenvalue weighted by atomic mass is 10.1. The van der Waals surface area contributed by atoms with Gasteiger partial charge in [-0.15, -0.1) is 11.3 Å². The Morgan fingerprint density at radius 3 is 2.84 bits per heavy atom. The topological polar surface area (TPSA) is 46.3 Å². The van der Waals surface area contributed by atoms with Gasteiger partial charge in [-0.1, -0.05) is 18.2 Å². The third-order valence-corrected chi connectivity index (χ3v) is 4.41. The molecule has 4 heteroatoms. The summed E-state index contributed by atoms with van der Waals surface area (Å²) in [5.74, 6) is 0. The highest BCUT2D eigenvalue weighted by atomic mass is 32.1. The highest BCUT2D eigenvalue weighted by Gasteiger charge is 2.17. The Labute approximate surface area is 115 Å². The maximum atomic E-state index is 10.4. The van der Waals surface area contributed by atoms with Gasteiger partial charge in [0.05, 0.1) is 23.1 Å². The van der Waals surface area contributed by atoms with E-state index in [0.717, 1.165) is 27.2 Å². The first-order valence-corrected chi connectivity index (χ1v) is 7.04. The number of rotatable bonds is 3. The van der Waals surface area contributed by atoms with E-state index in [1.807, 2.05) is 31.2 Å². The van der Waals surface area contributed by atoms with Crippen LogP contribution in [0.25, 0.3) is 11.0 Å². The molecule has 0 bridgehead atoms. The second kappa shape index (κ2) is 4.79. The van der Waals surface area contributed by atoms with Crippen molar-refractivity contribution in [2.24, 2.45) is 0 Å². The summed E-state index contributed by atoms with van der Waals surface area (Å²) in [5.41, 5.74) is 2.69. The molecule has 19 heavy (non-hydrogen) atoms. The van der Waals surface area contributed by atoms with E-state index in [-0.39, 0.29) is 0 Å². The van der Waals surface area contributed by atoms with Gasteiger partial charge in [-0.05, 0) is 19.9 Å². The van der Waals surface area contributed by atoms with E-state index in [0.29, 0.717) is 6.42 Å². The molecule has 3 rings (SSSR count). The molecule has 0 saturated carbocycles. The van der Waals surface area contributed by atoms with E-state index in [9.17, 15) is 5.11 Å². The van der Waals surface area contributed by atoms with Crippen LogP contribution in [0.2, 0.25) is 0 Å². The lowest BCUT2D eigenvalue weighted by Gasteiger charge is -2.06. The van der Waals surface area contributed by atoms with Crippen LogP contribution in [0, 0.1) is 13.8 Å². The monoisotopic (exact) mass is 273 g/mol. The third-order valence-electron chi connectivity index (χ3n) is 3.31. The van der Waals surface area contributed by atoms with Gasteiger partial charge in [0.15, 0.2) is 0 Å². The van der Waals surface area contributed by atoms with Gasteiger partial charge in [0.25, 0.3) is 0 Å². The molecule has 0 aliphatic rings. The first-order valence-electron chi connectivity index (χ1n) is 6.22. The Morgan fingerprint density at radius 2 is 2.11 bits per heavy atom. The molecule has 3 nitrogen and oxygen atoms in total. The number of aliphatic hydroxyl groups excluding tert-OH is 1. The Kier molecular flexibility index (Phi) is 3.12. The fraction of sp³-hybridized carbons (Fsp3) is 0.267. The molecule has 0 amide bonds. The van der Waals surface area contributed by atoms with Crippen LogP contribution in [0.15, 0.2) is 34.9 Å². The van der Waals surface area contributed by atoms with Crippen LogP contribution in [-0.4, -0.2) is 10.1 Å². The zero-order valence-corrected chi connectivity index (χ0v) is 11.7. The number of hydrogen-bond acceptors (Lipinski definition) is 4. The number of para-hydroxylation sites is 1. The molecule has 1 unspecified atom stereocenters. The quantitative estimate of drug-likeness (QED) is 0.790. The number of thiazole rings is 1. The molecule has 0 spiro atoms. The fourth-order valence-electron chi connectivity index (χ4n) is 2.16. The fourth-order valence-corrected chi connectivity index (χ4v) is 3.13. The van der Waals surface area contributed by atoms with Gasteiger partial charge in [0.1, 0.15) is 5.58 Å². The summed E-state index contributed by atoms with van der Waals surface area (Å²) in [6, 6.07) is 7.75. The van der Waals surface area contributed by atoms with E-state index in [1.54, 1.807) is 17.6 Å². The zero-order chi connectivity index (χ0) is 13.4. The molecule has 0 fully saturated rings. The molecule has 98 valence electrons. The minimum absolute atomic E-state index is 0.531. The van der Waals surface area contributed by atoms with Crippen molar-refractivity contribution in [1.82, 2.24) is 4.98 Å². The van der Waals surface area contributed by atoms with E-state index in [2.05, 4.69) is 11.9 Å². The van der Waals surface area contributed by atoms with Gasteiger partial charge < -0.3 is 9.52 Å². The number of furan rings is 1. The van der Waals surface area contributed by atoms with Crippen molar-refractivity contribution in [3.05, 3.63) is 51.7 Å². The molecule has 1 atom stereocenters. The van der Waals surface area contributed by atoms with Crippen molar-refractivity contribution < 1.29 is 9.52 Å².